The monoisotopic (exact) mass is 535 g/mol. The van der Waals surface area contributed by atoms with E-state index in [-0.39, 0.29) is 17.8 Å². The third-order valence-electron chi connectivity index (χ3n) is 7.83. The summed E-state index contributed by atoms with van der Waals surface area (Å²) in [6.07, 6.45) is 14.0. The van der Waals surface area contributed by atoms with Gasteiger partial charge in [-0.3, -0.25) is 0 Å². The number of carbonyl (C=O) groups excluding carboxylic acids is 1. The van der Waals surface area contributed by atoms with Gasteiger partial charge in [0, 0.05) is 23.2 Å². The third kappa shape index (κ3) is 4.94. The van der Waals surface area contributed by atoms with E-state index in [9.17, 15) is 9.18 Å². The molecule has 0 saturated heterocycles. The van der Waals surface area contributed by atoms with Crippen LogP contribution >= 0.6 is 0 Å². The molecule has 40 heavy (non-hydrogen) atoms. The Hall–Kier alpha value is -4.19. The smallest absolute Gasteiger partial charge is 0.408 e. The molecule has 0 bridgehead atoms. The Morgan fingerprint density at radius 3 is 2.38 bits per heavy atom. The van der Waals surface area contributed by atoms with E-state index >= 15 is 0 Å². The molecule has 1 unspecified atom stereocenters. The molecule has 2 aliphatic carbocycles. The van der Waals surface area contributed by atoms with Gasteiger partial charge in [-0.05, 0) is 81.8 Å². The Morgan fingerprint density at radius 1 is 1.02 bits per heavy atom. The molecule has 1 amide bonds. The lowest BCUT2D eigenvalue weighted by Crippen LogP contribution is -2.52. The third-order valence-corrected chi connectivity index (χ3v) is 7.83. The first-order valence-corrected chi connectivity index (χ1v) is 13.9. The lowest BCUT2D eigenvalue weighted by atomic mass is 9.71. The highest BCUT2D eigenvalue weighted by Crippen LogP contribution is 2.43. The van der Waals surface area contributed by atoms with Gasteiger partial charge in [0.1, 0.15) is 17.1 Å². The van der Waals surface area contributed by atoms with Crippen molar-refractivity contribution in [2.24, 2.45) is 0 Å². The molecule has 2 heterocycles. The summed E-state index contributed by atoms with van der Waals surface area (Å²) in [5.74, 6) is -0.0880. The van der Waals surface area contributed by atoms with Crippen LogP contribution in [0.5, 0.6) is 0 Å². The van der Waals surface area contributed by atoms with Crippen molar-refractivity contribution >= 4 is 11.7 Å². The van der Waals surface area contributed by atoms with E-state index in [1.165, 1.54) is 12.1 Å². The molecule has 2 aromatic carbocycles. The highest BCUT2D eigenvalue weighted by molar-refractivity contribution is 5.81. The van der Waals surface area contributed by atoms with Crippen LogP contribution in [0.1, 0.15) is 63.6 Å². The minimum atomic E-state index is -0.548. The lowest BCUT2D eigenvalue weighted by molar-refractivity contribution is 0.0377. The topological polar surface area (TPSA) is 55.6 Å². The number of fused-ring (bicyclic) bond motifs is 1. The highest BCUT2D eigenvalue weighted by atomic mass is 19.1. The molecule has 0 spiro atoms. The second kappa shape index (κ2) is 10.1. The van der Waals surface area contributed by atoms with Crippen LogP contribution in [0.15, 0.2) is 91.2 Å². The fourth-order valence-electron chi connectivity index (χ4n) is 5.75. The van der Waals surface area contributed by atoms with E-state index in [1.54, 1.807) is 12.1 Å². The zero-order valence-electron chi connectivity index (χ0n) is 23.2. The fraction of sp³-hybridized carbons (Fsp3) is 0.294. The van der Waals surface area contributed by atoms with Crippen molar-refractivity contribution in [3.63, 3.8) is 0 Å². The molecule has 6 heteroatoms. The van der Waals surface area contributed by atoms with Crippen molar-refractivity contribution < 1.29 is 13.9 Å². The van der Waals surface area contributed by atoms with Crippen molar-refractivity contribution in [1.29, 1.82) is 0 Å². The van der Waals surface area contributed by atoms with Gasteiger partial charge in [0.2, 0.25) is 0 Å². The van der Waals surface area contributed by atoms with E-state index in [4.69, 9.17) is 9.72 Å². The molecule has 2 aromatic heterocycles. The number of aromatic nitrogens is 2. The zero-order valence-corrected chi connectivity index (χ0v) is 23.2. The number of alkyl carbamates (subject to hydrolysis) is 1. The number of hydrogen-bond donors (Lipinski definition) is 1. The summed E-state index contributed by atoms with van der Waals surface area (Å²) in [4.78, 5) is 17.8. The first-order valence-electron chi connectivity index (χ1n) is 13.9. The summed E-state index contributed by atoms with van der Waals surface area (Å²) in [5.41, 5.74) is 5.90. The van der Waals surface area contributed by atoms with Gasteiger partial charge in [0.25, 0.3) is 0 Å². The van der Waals surface area contributed by atoms with E-state index in [0.29, 0.717) is 0 Å². The number of rotatable bonds is 5. The van der Waals surface area contributed by atoms with Crippen LogP contribution in [-0.4, -0.2) is 21.1 Å². The van der Waals surface area contributed by atoms with Crippen molar-refractivity contribution in [2.75, 3.05) is 0 Å². The summed E-state index contributed by atoms with van der Waals surface area (Å²) in [7, 11) is 0. The van der Waals surface area contributed by atoms with Crippen LogP contribution in [0, 0.1) is 5.82 Å². The van der Waals surface area contributed by atoms with Gasteiger partial charge in [-0.2, -0.15) is 0 Å². The van der Waals surface area contributed by atoms with Crippen LogP contribution in [0.4, 0.5) is 9.18 Å². The van der Waals surface area contributed by atoms with E-state index < -0.39 is 11.1 Å². The number of amides is 1. The van der Waals surface area contributed by atoms with Gasteiger partial charge in [-0.15, -0.1) is 0 Å². The second-order valence-corrected chi connectivity index (χ2v) is 11.8. The fourth-order valence-corrected chi connectivity index (χ4v) is 5.75. The molecule has 5 nitrogen and oxygen atoms in total. The maximum absolute atomic E-state index is 13.7. The number of ether oxygens (including phenoxy) is 1. The first kappa shape index (κ1) is 26.1. The Balaban J connectivity index is 1.41. The van der Waals surface area contributed by atoms with E-state index in [2.05, 4.69) is 64.5 Å². The van der Waals surface area contributed by atoms with Crippen molar-refractivity contribution in [2.45, 2.75) is 63.5 Å². The van der Waals surface area contributed by atoms with Crippen LogP contribution in [0.25, 0.3) is 28.0 Å². The average Bonchev–Trinajstić information content (AvgIpc) is 3.31. The van der Waals surface area contributed by atoms with Crippen LogP contribution in [0.3, 0.4) is 0 Å². The molecule has 1 N–H and O–H groups in total. The van der Waals surface area contributed by atoms with E-state index in [0.717, 1.165) is 65.0 Å². The van der Waals surface area contributed by atoms with Crippen LogP contribution in [-0.2, 0) is 10.3 Å². The molecule has 0 radical (unpaired) electrons. The van der Waals surface area contributed by atoms with Crippen molar-refractivity contribution in [1.82, 2.24) is 14.7 Å². The number of benzene rings is 2. The van der Waals surface area contributed by atoms with Gasteiger partial charge in [0.05, 0.1) is 16.9 Å². The predicted molar refractivity (Wildman–Crippen MR) is 157 cm³/mol. The minimum Gasteiger partial charge on any atom is -0.444 e. The zero-order chi connectivity index (χ0) is 27.9. The number of hydrogen-bond acceptors (Lipinski definition) is 3. The van der Waals surface area contributed by atoms with Gasteiger partial charge < -0.3 is 14.5 Å². The molecular formula is C34H34FN3O2. The normalized spacial score (nSPS) is 17.9. The Bertz CT molecular complexity index is 1600. The van der Waals surface area contributed by atoms with Crippen LogP contribution < -0.4 is 5.32 Å². The number of allylic oxidation sites excluding steroid dienone is 4. The first-order chi connectivity index (χ1) is 19.2. The standard InChI is InChI=1S/C34H34FN3O2/c1-33(2,3)40-32(39)37-34(20-8-21-34)26-16-12-24(13-17-26)29-30(25-9-5-4-6-10-25)38-22-7-11-28(31(38)36-29)23-14-18-27(35)19-15-23/h4-7,9,11-19,22,25H,8,10,20-21H2,1-3H3,(H,37,39). The van der Waals surface area contributed by atoms with Crippen LogP contribution in [0.2, 0.25) is 0 Å². The molecular weight excluding hydrogens is 501 g/mol. The molecule has 6 rings (SSSR count). The lowest BCUT2D eigenvalue weighted by Gasteiger charge is -2.43. The molecule has 204 valence electrons. The summed E-state index contributed by atoms with van der Waals surface area (Å²) < 4.78 is 21.4. The molecule has 1 atom stereocenters. The molecule has 4 aromatic rings. The summed E-state index contributed by atoms with van der Waals surface area (Å²) >= 11 is 0. The number of carbonyl (C=O) groups is 1. The molecule has 1 saturated carbocycles. The number of nitrogens with zero attached hydrogens (tertiary/aromatic N) is 2. The quantitative estimate of drug-likeness (QED) is 0.280. The Kier molecular flexibility index (Phi) is 6.57. The second-order valence-electron chi connectivity index (χ2n) is 11.8. The molecule has 0 aliphatic heterocycles. The Morgan fingerprint density at radius 2 is 1.75 bits per heavy atom. The number of imidazole rings is 1. The van der Waals surface area contributed by atoms with Gasteiger partial charge in [-0.1, -0.05) is 60.7 Å². The highest BCUT2D eigenvalue weighted by Gasteiger charge is 2.41. The van der Waals surface area contributed by atoms with Crippen molar-refractivity contribution in [3.05, 3.63) is 108 Å². The number of nitrogens with one attached hydrogen (secondary N) is 1. The summed E-state index contributed by atoms with van der Waals surface area (Å²) in [5, 5.41) is 3.15. The largest absolute Gasteiger partial charge is 0.444 e. The van der Waals surface area contributed by atoms with E-state index in [1.807, 2.05) is 32.9 Å². The van der Waals surface area contributed by atoms with Gasteiger partial charge in [-0.25, -0.2) is 14.2 Å². The number of halogens is 1. The number of pyridine rings is 1. The minimum absolute atomic E-state index is 0.171. The SMILES string of the molecule is CC(C)(C)OC(=O)NC1(c2ccc(-c3nc4c(-c5ccc(F)cc5)cccn4c3C3C=CC=CC3)cc2)CCC1. The molecule has 2 aliphatic rings. The van der Waals surface area contributed by atoms with Gasteiger partial charge in [0.15, 0.2) is 0 Å². The van der Waals surface area contributed by atoms with Gasteiger partial charge >= 0.3 is 6.09 Å². The summed E-state index contributed by atoms with van der Waals surface area (Å²) in [6, 6.07) is 19.1. The predicted octanol–water partition coefficient (Wildman–Crippen LogP) is 8.31. The average molecular weight is 536 g/mol. The maximum Gasteiger partial charge on any atom is 0.408 e. The maximum atomic E-state index is 13.7. The van der Waals surface area contributed by atoms with Crippen molar-refractivity contribution in [3.8, 4) is 22.4 Å². The Labute approximate surface area is 234 Å². The summed E-state index contributed by atoms with van der Waals surface area (Å²) in [6.45, 7) is 5.63. The molecule has 1 fully saturated rings.